The van der Waals surface area contributed by atoms with E-state index in [1.807, 2.05) is 24.3 Å². The van der Waals surface area contributed by atoms with Gasteiger partial charge in [0, 0.05) is 18.2 Å². The molecule has 146 valence electrons. The van der Waals surface area contributed by atoms with Crippen molar-refractivity contribution >= 4 is 11.2 Å². The van der Waals surface area contributed by atoms with Crippen LogP contribution in [0.3, 0.4) is 0 Å². The van der Waals surface area contributed by atoms with E-state index in [9.17, 15) is 13.6 Å². The molecule has 0 bridgehead atoms. The summed E-state index contributed by atoms with van der Waals surface area (Å²) in [5, 5.41) is 0. The highest BCUT2D eigenvalue weighted by atomic mass is 19.1. The van der Waals surface area contributed by atoms with Gasteiger partial charge in [-0.3, -0.25) is 9.36 Å². The molecular formula is C21H16F2N4O2. The molecule has 0 saturated heterocycles. The first-order chi connectivity index (χ1) is 14.1. The summed E-state index contributed by atoms with van der Waals surface area (Å²) in [4.78, 5) is 25.5. The highest BCUT2D eigenvalue weighted by Crippen LogP contribution is 2.21. The molecule has 0 atom stereocenters. The second kappa shape index (κ2) is 7.75. The predicted molar refractivity (Wildman–Crippen MR) is 104 cm³/mol. The quantitative estimate of drug-likeness (QED) is 0.519. The summed E-state index contributed by atoms with van der Waals surface area (Å²) in [6.45, 7) is 0.278. The Kier molecular flexibility index (Phi) is 4.99. The van der Waals surface area contributed by atoms with E-state index >= 15 is 0 Å². The van der Waals surface area contributed by atoms with Crippen LogP contribution in [-0.4, -0.2) is 26.6 Å². The Balaban J connectivity index is 1.84. The van der Waals surface area contributed by atoms with Crippen molar-refractivity contribution in [1.82, 2.24) is 19.5 Å². The van der Waals surface area contributed by atoms with Crippen LogP contribution in [0.25, 0.3) is 22.4 Å². The van der Waals surface area contributed by atoms with Crippen molar-refractivity contribution < 1.29 is 13.5 Å². The smallest absolute Gasteiger partial charge is 0.278 e. The normalized spacial score (nSPS) is 11.0. The number of hydrogen-bond donors (Lipinski definition) is 0. The maximum atomic E-state index is 13.7. The molecule has 8 heteroatoms. The number of halogens is 2. The van der Waals surface area contributed by atoms with E-state index in [-0.39, 0.29) is 17.8 Å². The summed E-state index contributed by atoms with van der Waals surface area (Å²) in [6.07, 6.45) is 3.27. The van der Waals surface area contributed by atoms with E-state index in [2.05, 4.69) is 15.0 Å². The second-order valence-corrected chi connectivity index (χ2v) is 6.37. The molecule has 0 saturated carbocycles. The number of para-hydroxylation sites is 1. The molecule has 0 fully saturated rings. The Morgan fingerprint density at radius 2 is 1.86 bits per heavy atom. The first kappa shape index (κ1) is 18.7. The van der Waals surface area contributed by atoms with Crippen LogP contribution in [0, 0.1) is 11.6 Å². The Bertz CT molecular complexity index is 1240. The monoisotopic (exact) mass is 394 g/mol. The Hall–Kier alpha value is -3.68. The molecule has 0 amide bonds. The molecule has 2 aromatic carbocycles. The first-order valence-corrected chi connectivity index (χ1v) is 8.85. The Morgan fingerprint density at radius 3 is 2.62 bits per heavy atom. The first-order valence-electron chi connectivity index (χ1n) is 8.85. The van der Waals surface area contributed by atoms with Gasteiger partial charge in [-0.1, -0.05) is 18.2 Å². The molecule has 2 aromatic heterocycles. The van der Waals surface area contributed by atoms with Crippen LogP contribution >= 0.6 is 0 Å². The van der Waals surface area contributed by atoms with E-state index < -0.39 is 17.2 Å². The van der Waals surface area contributed by atoms with Crippen molar-refractivity contribution in [3.05, 3.63) is 82.5 Å². The van der Waals surface area contributed by atoms with Crippen molar-refractivity contribution in [2.24, 2.45) is 0 Å². The minimum atomic E-state index is -0.786. The lowest BCUT2D eigenvalue weighted by Crippen LogP contribution is -2.25. The van der Waals surface area contributed by atoms with E-state index in [1.165, 1.54) is 17.1 Å². The van der Waals surface area contributed by atoms with Crippen LogP contribution in [0.2, 0.25) is 0 Å². The maximum absolute atomic E-state index is 13.7. The third-order valence-corrected chi connectivity index (χ3v) is 4.54. The van der Waals surface area contributed by atoms with Crippen molar-refractivity contribution in [3.8, 4) is 17.0 Å². The lowest BCUT2D eigenvalue weighted by Gasteiger charge is -2.13. The number of methoxy groups -OCH3 is 1. The van der Waals surface area contributed by atoms with Crippen molar-refractivity contribution in [2.75, 3.05) is 7.11 Å². The molecule has 0 spiro atoms. The summed E-state index contributed by atoms with van der Waals surface area (Å²) in [7, 11) is 1.58. The highest BCUT2D eigenvalue weighted by Gasteiger charge is 2.16. The van der Waals surface area contributed by atoms with Gasteiger partial charge in [0.15, 0.2) is 5.65 Å². The number of benzene rings is 2. The molecule has 0 N–H and O–H groups in total. The average molecular weight is 394 g/mol. The largest absolute Gasteiger partial charge is 0.496 e. The topological polar surface area (TPSA) is 69.9 Å². The van der Waals surface area contributed by atoms with Gasteiger partial charge in [0.25, 0.3) is 5.56 Å². The summed E-state index contributed by atoms with van der Waals surface area (Å²) < 4.78 is 34.2. The van der Waals surface area contributed by atoms with Gasteiger partial charge in [-0.05, 0) is 30.2 Å². The van der Waals surface area contributed by atoms with E-state index in [0.717, 1.165) is 23.8 Å². The third-order valence-electron chi connectivity index (χ3n) is 4.54. The van der Waals surface area contributed by atoms with E-state index in [4.69, 9.17) is 4.74 Å². The van der Waals surface area contributed by atoms with Crippen molar-refractivity contribution in [3.63, 3.8) is 0 Å². The van der Waals surface area contributed by atoms with Crippen LogP contribution in [-0.2, 0) is 13.0 Å². The van der Waals surface area contributed by atoms with Crippen LogP contribution in [0.5, 0.6) is 5.75 Å². The number of aromatic nitrogens is 4. The fourth-order valence-corrected chi connectivity index (χ4v) is 3.22. The highest BCUT2D eigenvalue weighted by molar-refractivity contribution is 5.73. The lowest BCUT2D eigenvalue weighted by atomic mass is 10.1. The van der Waals surface area contributed by atoms with Crippen LogP contribution in [0.1, 0.15) is 5.56 Å². The van der Waals surface area contributed by atoms with E-state index in [1.54, 1.807) is 7.11 Å². The molecule has 0 aliphatic rings. The molecule has 29 heavy (non-hydrogen) atoms. The maximum Gasteiger partial charge on any atom is 0.278 e. The zero-order valence-corrected chi connectivity index (χ0v) is 15.5. The predicted octanol–water partition coefficient (Wildman–Crippen LogP) is 3.38. The SMILES string of the molecule is COc1ccccc1CCn1c(=O)c(-c2cc(F)cc(F)c2)nc2cncnc21. The number of rotatable bonds is 5. The second-order valence-electron chi connectivity index (χ2n) is 6.37. The molecule has 0 radical (unpaired) electrons. The number of hydrogen-bond acceptors (Lipinski definition) is 5. The zero-order valence-electron chi connectivity index (χ0n) is 15.5. The Labute approximate surface area is 164 Å². The molecule has 4 rings (SSSR count). The molecule has 0 aliphatic heterocycles. The molecule has 6 nitrogen and oxygen atoms in total. The van der Waals surface area contributed by atoms with Crippen molar-refractivity contribution in [1.29, 1.82) is 0 Å². The van der Waals surface area contributed by atoms with Gasteiger partial charge in [0.2, 0.25) is 0 Å². The van der Waals surface area contributed by atoms with Gasteiger partial charge in [0.1, 0.15) is 34.9 Å². The van der Waals surface area contributed by atoms with Gasteiger partial charge >= 0.3 is 0 Å². The number of nitrogens with zero attached hydrogens (tertiary/aromatic N) is 4. The van der Waals surface area contributed by atoms with Gasteiger partial charge in [-0.2, -0.15) is 0 Å². The minimum Gasteiger partial charge on any atom is -0.496 e. The minimum absolute atomic E-state index is 0.0595. The molecule has 4 aromatic rings. The molecule has 0 aliphatic carbocycles. The van der Waals surface area contributed by atoms with Gasteiger partial charge in [-0.15, -0.1) is 0 Å². The van der Waals surface area contributed by atoms with Crippen LogP contribution in [0.15, 0.2) is 59.8 Å². The molecular weight excluding hydrogens is 378 g/mol. The fraction of sp³-hybridized carbons (Fsp3) is 0.143. The summed E-state index contributed by atoms with van der Waals surface area (Å²) >= 11 is 0. The van der Waals surface area contributed by atoms with Crippen molar-refractivity contribution in [2.45, 2.75) is 13.0 Å². The Morgan fingerprint density at radius 1 is 1.10 bits per heavy atom. The third kappa shape index (κ3) is 3.69. The summed E-state index contributed by atoms with van der Waals surface area (Å²) in [5.74, 6) is -0.863. The molecule has 0 unspecified atom stereocenters. The number of aryl methyl sites for hydroxylation is 2. The number of fused-ring (bicyclic) bond motifs is 1. The zero-order chi connectivity index (χ0) is 20.4. The molecule has 2 heterocycles. The summed E-state index contributed by atoms with van der Waals surface area (Å²) in [5.41, 5.74) is 1.12. The van der Waals surface area contributed by atoms with Crippen LogP contribution < -0.4 is 10.3 Å². The van der Waals surface area contributed by atoms with Crippen LogP contribution in [0.4, 0.5) is 8.78 Å². The average Bonchev–Trinajstić information content (AvgIpc) is 2.72. The lowest BCUT2D eigenvalue weighted by molar-refractivity contribution is 0.408. The van der Waals surface area contributed by atoms with Gasteiger partial charge in [0.05, 0.1) is 13.3 Å². The standard InChI is InChI=1S/C21H16F2N4O2/c1-29-18-5-3-2-4-13(18)6-7-27-20-17(11-24-12-25-20)26-19(21(27)28)14-8-15(22)10-16(23)9-14/h2-5,8-12H,6-7H2,1H3. The van der Waals surface area contributed by atoms with E-state index in [0.29, 0.717) is 23.3 Å². The summed E-state index contributed by atoms with van der Waals surface area (Å²) in [6, 6.07) is 10.4. The van der Waals surface area contributed by atoms with Gasteiger partial charge in [-0.25, -0.2) is 23.7 Å². The fourth-order valence-electron chi connectivity index (χ4n) is 3.22. The number of ether oxygens (including phenoxy) is 1. The van der Waals surface area contributed by atoms with Gasteiger partial charge < -0.3 is 4.74 Å².